The van der Waals surface area contributed by atoms with Crippen molar-refractivity contribution < 1.29 is 4.21 Å². The van der Waals surface area contributed by atoms with Crippen molar-refractivity contribution in [1.29, 1.82) is 0 Å². The molecule has 0 heterocycles. The molecule has 0 saturated heterocycles. The molecule has 0 aromatic heterocycles. The summed E-state index contributed by atoms with van der Waals surface area (Å²) in [6.07, 6.45) is 6.44. The van der Waals surface area contributed by atoms with Gasteiger partial charge in [-0.25, -0.2) is 0 Å². The van der Waals surface area contributed by atoms with Gasteiger partial charge in [-0.3, -0.25) is 4.21 Å². The predicted octanol–water partition coefficient (Wildman–Crippen LogP) is 2.26. The van der Waals surface area contributed by atoms with E-state index < -0.39 is 9.07 Å². The molecule has 0 aliphatic rings. The van der Waals surface area contributed by atoms with Crippen molar-refractivity contribution in [2.24, 2.45) is 0 Å². The molecule has 98 valence electrons. The fourth-order valence-corrected chi connectivity index (χ4v) is 3.27. The van der Waals surface area contributed by atoms with Crippen molar-refractivity contribution in [2.75, 3.05) is 18.8 Å². The Morgan fingerprint density at radius 2 is 1.65 bits per heavy atom. The maximum Gasteiger partial charge on any atom is 0.0669 e. The van der Waals surface area contributed by atoms with E-state index >= 15 is 0 Å². The van der Waals surface area contributed by atoms with Crippen molar-refractivity contribution in [2.45, 2.75) is 31.7 Å². The zero-order chi connectivity index (χ0) is 13.1. The quantitative estimate of drug-likeness (QED) is 0.874. The van der Waals surface area contributed by atoms with E-state index in [1.54, 1.807) is 0 Å². The average Bonchev–Trinajstić information content (AvgIpc) is 2.15. The van der Waals surface area contributed by atoms with E-state index in [2.05, 4.69) is 31.3 Å². The summed E-state index contributed by atoms with van der Waals surface area (Å²) in [5.41, 5.74) is 1.23. The van der Waals surface area contributed by atoms with E-state index in [0.717, 1.165) is 6.42 Å². The molecule has 0 bridgehead atoms. The maximum atomic E-state index is 12.8. The van der Waals surface area contributed by atoms with Gasteiger partial charge in [-0.2, -0.15) is 0 Å². The van der Waals surface area contributed by atoms with Gasteiger partial charge in [0.25, 0.3) is 0 Å². The van der Waals surface area contributed by atoms with Gasteiger partial charge in [-0.05, 0) is 44.6 Å². The highest BCUT2D eigenvalue weighted by atomic mass is 32.3. The van der Waals surface area contributed by atoms with Gasteiger partial charge in [-0.15, -0.1) is 0 Å². The molecule has 0 amide bonds. The lowest BCUT2D eigenvalue weighted by atomic mass is 10.1. The first-order valence-corrected chi connectivity index (χ1v) is 9.29. The molecule has 17 heavy (non-hydrogen) atoms. The Balaban J connectivity index is 2.90. The van der Waals surface area contributed by atoms with Crippen LogP contribution in [0, 0.1) is 0 Å². The molecule has 2 nitrogen and oxygen atoms in total. The van der Waals surface area contributed by atoms with Crippen LogP contribution in [0.1, 0.15) is 19.4 Å². The first-order chi connectivity index (χ1) is 7.65. The molecule has 1 aromatic rings. The van der Waals surface area contributed by atoms with Crippen LogP contribution >= 0.6 is 0 Å². The number of hydrogen-bond acceptors (Lipinski definition) is 2. The molecular weight excluding hydrogens is 230 g/mol. The van der Waals surface area contributed by atoms with Gasteiger partial charge in [0.15, 0.2) is 0 Å². The summed E-state index contributed by atoms with van der Waals surface area (Å²) in [5, 5.41) is 3.47. The Labute approximate surface area is 105 Å². The molecule has 0 saturated carbocycles. The van der Waals surface area contributed by atoms with Crippen LogP contribution in [0.4, 0.5) is 0 Å². The predicted molar refractivity (Wildman–Crippen MR) is 78.1 cm³/mol. The van der Waals surface area contributed by atoms with E-state index in [9.17, 15) is 4.21 Å². The fourth-order valence-electron chi connectivity index (χ4n) is 1.77. The van der Waals surface area contributed by atoms with E-state index in [0.29, 0.717) is 6.04 Å². The molecule has 0 spiro atoms. The summed E-state index contributed by atoms with van der Waals surface area (Å²) in [5.74, 6) is 0. The summed E-state index contributed by atoms with van der Waals surface area (Å²) in [7, 11) is -2.61. The highest BCUT2D eigenvalue weighted by molar-refractivity contribution is 8.18. The van der Waals surface area contributed by atoms with Crippen LogP contribution in [0.5, 0.6) is 0 Å². The zero-order valence-corrected chi connectivity index (χ0v) is 12.4. The molecule has 0 fully saturated rings. The number of nitrogens with one attached hydrogen (secondary N) is 1. The fraction of sp³-hybridized carbons (Fsp3) is 0.571. The van der Waals surface area contributed by atoms with E-state index in [-0.39, 0.29) is 5.37 Å². The minimum atomic E-state index is -2.61. The van der Waals surface area contributed by atoms with Crippen molar-refractivity contribution in [1.82, 2.24) is 5.32 Å². The van der Waals surface area contributed by atoms with Crippen LogP contribution in [-0.4, -0.2) is 34.4 Å². The third kappa shape index (κ3) is 5.00. The molecule has 1 rings (SSSR count). The highest BCUT2D eigenvalue weighted by Gasteiger charge is 2.31. The molecule has 0 radical (unpaired) electrons. The van der Waals surface area contributed by atoms with Crippen molar-refractivity contribution in [3.8, 4) is 0 Å². The number of benzene rings is 1. The largest absolute Gasteiger partial charge is 0.302 e. The Morgan fingerprint density at radius 3 is 2.06 bits per heavy atom. The molecule has 1 aromatic carbocycles. The number of hydrogen-bond donors (Lipinski definition) is 1. The van der Waals surface area contributed by atoms with Crippen LogP contribution in [0.2, 0.25) is 0 Å². The van der Waals surface area contributed by atoms with Gasteiger partial charge in [0.2, 0.25) is 0 Å². The van der Waals surface area contributed by atoms with Crippen LogP contribution in [0.3, 0.4) is 0 Å². The monoisotopic (exact) mass is 255 g/mol. The number of rotatable bonds is 5. The molecule has 3 heteroatoms. The van der Waals surface area contributed by atoms with E-state index in [4.69, 9.17) is 0 Å². The standard InChI is InChI=1S/C14H25NOS/c1-12(2)15-14(17(3,4,5)16)11-13-9-7-6-8-10-13/h6-10,12,14-15H,11H2,1-5H3/t14-/m1/s1. The third-order valence-electron chi connectivity index (χ3n) is 2.75. The molecule has 1 N–H and O–H groups in total. The normalized spacial score (nSPS) is 16.5. The van der Waals surface area contributed by atoms with Crippen LogP contribution < -0.4 is 5.32 Å². The van der Waals surface area contributed by atoms with Gasteiger partial charge in [0, 0.05) is 6.04 Å². The van der Waals surface area contributed by atoms with Crippen LogP contribution in [-0.2, 0) is 15.5 Å². The Kier molecular flexibility index (Phi) is 4.15. The Hall–Kier alpha value is -0.670. The summed E-state index contributed by atoms with van der Waals surface area (Å²) in [4.78, 5) is 0. The summed E-state index contributed by atoms with van der Waals surface area (Å²) < 4.78 is 12.8. The molecular formula is C14H25NOS. The summed E-state index contributed by atoms with van der Waals surface area (Å²) >= 11 is 0. The topological polar surface area (TPSA) is 29.1 Å². The second-order valence-electron chi connectivity index (χ2n) is 6.03. The first-order valence-electron chi connectivity index (χ1n) is 6.03. The zero-order valence-electron chi connectivity index (χ0n) is 11.6. The van der Waals surface area contributed by atoms with Crippen LogP contribution in [0.25, 0.3) is 0 Å². The minimum absolute atomic E-state index is 0.0226. The molecule has 0 aliphatic carbocycles. The van der Waals surface area contributed by atoms with Crippen molar-refractivity contribution in [3.63, 3.8) is 0 Å². The van der Waals surface area contributed by atoms with Gasteiger partial charge < -0.3 is 5.32 Å². The Bertz CT molecular complexity index is 408. The van der Waals surface area contributed by atoms with Crippen molar-refractivity contribution in [3.05, 3.63) is 35.9 Å². The molecule has 1 atom stereocenters. The van der Waals surface area contributed by atoms with Gasteiger partial charge in [0.1, 0.15) is 0 Å². The third-order valence-corrected chi connectivity index (χ3v) is 5.00. The van der Waals surface area contributed by atoms with Gasteiger partial charge in [-0.1, -0.05) is 39.4 Å². The van der Waals surface area contributed by atoms with Gasteiger partial charge >= 0.3 is 0 Å². The lowest BCUT2D eigenvalue weighted by Gasteiger charge is -2.40. The van der Waals surface area contributed by atoms with E-state index in [1.165, 1.54) is 5.56 Å². The molecule has 0 aliphatic heterocycles. The molecule has 0 unspecified atom stereocenters. The average molecular weight is 255 g/mol. The second-order valence-corrected chi connectivity index (χ2v) is 11.7. The maximum absolute atomic E-state index is 12.8. The summed E-state index contributed by atoms with van der Waals surface area (Å²) in [6, 6.07) is 10.6. The minimum Gasteiger partial charge on any atom is -0.302 e. The Morgan fingerprint density at radius 1 is 1.12 bits per heavy atom. The highest BCUT2D eigenvalue weighted by Crippen LogP contribution is 2.22. The second kappa shape index (κ2) is 4.91. The lowest BCUT2D eigenvalue weighted by Crippen LogP contribution is -2.53. The van der Waals surface area contributed by atoms with Gasteiger partial charge in [0.05, 0.1) is 5.37 Å². The SMILES string of the molecule is CC(C)N[C@@H](Cc1ccccc1)S(C)(C)(C)=O. The first kappa shape index (κ1) is 14.4. The van der Waals surface area contributed by atoms with Crippen LogP contribution in [0.15, 0.2) is 30.3 Å². The van der Waals surface area contributed by atoms with E-state index in [1.807, 2.05) is 37.0 Å². The van der Waals surface area contributed by atoms with Crippen molar-refractivity contribution >= 4 is 9.07 Å². The summed E-state index contributed by atoms with van der Waals surface area (Å²) in [6.45, 7) is 4.19. The lowest BCUT2D eigenvalue weighted by molar-refractivity contribution is 0.534. The smallest absolute Gasteiger partial charge is 0.0669 e.